The highest BCUT2D eigenvalue weighted by atomic mass is 79.9. The summed E-state index contributed by atoms with van der Waals surface area (Å²) < 4.78 is 1.94. The van der Waals surface area contributed by atoms with Gasteiger partial charge in [-0.15, -0.1) is 0 Å². The zero-order valence-corrected chi connectivity index (χ0v) is 14.1. The fourth-order valence-electron chi connectivity index (χ4n) is 1.28. The lowest BCUT2D eigenvalue weighted by molar-refractivity contribution is 0.883. The molecular weight excluding hydrogens is 400 g/mol. The topological polar surface area (TPSA) is 76.1 Å². The Balaban J connectivity index is 2.87. The van der Waals surface area contributed by atoms with Gasteiger partial charge in [0.2, 0.25) is 0 Å². The van der Waals surface area contributed by atoms with Gasteiger partial charge >= 0.3 is 0 Å². The molecule has 8 heteroatoms. The van der Waals surface area contributed by atoms with Gasteiger partial charge in [0, 0.05) is 22.0 Å². The summed E-state index contributed by atoms with van der Waals surface area (Å²) in [5, 5.41) is 6.36. The summed E-state index contributed by atoms with van der Waals surface area (Å²) in [6.45, 7) is 1.12. The van der Waals surface area contributed by atoms with Crippen LogP contribution in [0.5, 0.6) is 0 Å². The maximum absolute atomic E-state index is 5.41. The predicted molar refractivity (Wildman–Crippen MR) is 89.1 cm³/mol. The molecule has 98 valence electrons. The molecule has 6 N–H and O–H groups in total. The van der Waals surface area contributed by atoms with Gasteiger partial charge in [-0.25, -0.2) is 0 Å². The summed E-state index contributed by atoms with van der Waals surface area (Å²) in [6, 6.07) is 3.98. The Hall–Kier alpha value is -0.440. The monoisotopic (exact) mass is 410 g/mol. The molecule has 0 unspecified atom stereocenters. The fraction of sp³-hybridized carbons (Fsp3) is 0.200. The second-order valence-electron chi connectivity index (χ2n) is 3.47. The Kier molecular flexibility index (Phi) is 6.27. The first-order valence-electron chi connectivity index (χ1n) is 4.93. The number of hydrogen-bond acceptors (Lipinski definition) is 2. The Labute approximate surface area is 133 Å². The number of nitrogens with one attached hydrogen (secondary N) is 2. The molecule has 0 aliphatic rings. The average molecular weight is 412 g/mol. The van der Waals surface area contributed by atoms with Gasteiger partial charge in [0.05, 0.1) is 0 Å². The molecule has 0 aromatic heterocycles. The van der Waals surface area contributed by atoms with Crippen LogP contribution in [0.3, 0.4) is 0 Å². The summed E-state index contributed by atoms with van der Waals surface area (Å²) in [5.74, 6) is 0. The lowest BCUT2D eigenvalue weighted by Gasteiger charge is -2.12. The third kappa shape index (κ3) is 5.05. The highest BCUT2D eigenvalue weighted by Crippen LogP contribution is 2.26. The number of benzene rings is 1. The maximum Gasteiger partial charge on any atom is 0.163 e. The van der Waals surface area contributed by atoms with Gasteiger partial charge in [0.25, 0.3) is 0 Å². The normalized spacial score (nSPS) is 9.89. The number of nitrogens with two attached hydrogens (primary N) is 2. The van der Waals surface area contributed by atoms with Crippen LogP contribution in [0.1, 0.15) is 11.1 Å². The minimum atomic E-state index is 0.271. The van der Waals surface area contributed by atoms with Crippen LogP contribution in [0, 0.1) is 0 Å². The molecule has 1 rings (SSSR count). The molecule has 0 saturated heterocycles. The third-order valence-corrected chi connectivity index (χ3v) is 3.89. The first-order valence-corrected chi connectivity index (χ1v) is 7.33. The lowest BCUT2D eigenvalue weighted by atomic mass is 10.1. The van der Waals surface area contributed by atoms with Crippen LogP contribution in [-0.4, -0.2) is 10.2 Å². The van der Waals surface area contributed by atoms with Crippen molar-refractivity contribution in [1.82, 2.24) is 10.6 Å². The highest BCUT2D eigenvalue weighted by Gasteiger charge is 2.07. The number of halogens is 2. The van der Waals surface area contributed by atoms with E-state index in [1.807, 2.05) is 12.1 Å². The molecular formula is C10H12Br2N4S2. The lowest BCUT2D eigenvalue weighted by Crippen LogP contribution is -2.29. The minimum Gasteiger partial charge on any atom is -0.376 e. The van der Waals surface area contributed by atoms with Crippen LogP contribution in [0.2, 0.25) is 0 Å². The molecule has 4 nitrogen and oxygen atoms in total. The van der Waals surface area contributed by atoms with Crippen LogP contribution >= 0.6 is 56.3 Å². The molecule has 0 radical (unpaired) electrons. The highest BCUT2D eigenvalue weighted by molar-refractivity contribution is 9.11. The fourth-order valence-corrected chi connectivity index (χ4v) is 2.70. The van der Waals surface area contributed by atoms with E-state index in [9.17, 15) is 0 Å². The van der Waals surface area contributed by atoms with Gasteiger partial charge in [0.15, 0.2) is 10.2 Å². The van der Waals surface area contributed by atoms with Crippen molar-refractivity contribution in [2.75, 3.05) is 0 Å². The summed E-state index contributed by atoms with van der Waals surface area (Å²) in [7, 11) is 0. The van der Waals surface area contributed by atoms with Crippen LogP contribution in [0.15, 0.2) is 21.1 Å². The number of rotatable bonds is 4. The third-order valence-electron chi connectivity index (χ3n) is 2.12. The van der Waals surface area contributed by atoms with E-state index in [1.165, 1.54) is 0 Å². The Bertz CT molecular complexity index is 440. The molecule has 0 atom stereocenters. The van der Waals surface area contributed by atoms with Crippen molar-refractivity contribution in [3.05, 3.63) is 32.2 Å². The van der Waals surface area contributed by atoms with Crippen LogP contribution in [0.4, 0.5) is 0 Å². The molecule has 18 heavy (non-hydrogen) atoms. The van der Waals surface area contributed by atoms with E-state index in [1.54, 1.807) is 0 Å². The van der Waals surface area contributed by atoms with Crippen molar-refractivity contribution in [3.8, 4) is 0 Å². The standard InChI is InChI=1S/C10H12Br2N4S2/c11-7-2-8(12)6(4-16-10(14)18)1-5(7)3-15-9(13)17/h1-2H,3-4H2,(H3,13,15,17)(H3,14,16,18). The van der Waals surface area contributed by atoms with E-state index in [2.05, 4.69) is 42.5 Å². The minimum absolute atomic E-state index is 0.271. The zero-order valence-electron chi connectivity index (χ0n) is 9.30. The second kappa shape index (κ2) is 7.22. The summed E-state index contributed by atoms with van der Waals surface area (Å²) in [5.41, 5.74) is 12.9. The Morgan fingerprint density at radius 1 is 0.944 bits per heavy atom. The Morgan fingerprint density at radius 3 is 1.67 bits per heavy atom. The molecule has 0 saturated carbocycles. The molecule has 0 amide bonds. The summed E-state index contributed by atoms with van der Waals surface area (Å²) >= 11 is 16.5. The largest absolute Gasteiger partial charge is 0.376 e. The molecule has 1 aromatic carbocycles. The Morgan fingerprint density at radius 2 is 1.33 bits per heavy atom. The average Bonchev–Trinajstić information content (AvgIpc) is 2.26. The van der Waals surface area contributed by atoms with Crippen molar-refractivity contribution >= 4 is 66.5 Å². The smallest absolute Gasteiger partial charge is 0.163 e. The van der Waals surface area contributed by atoms with E-state index in [0.717, 1.165) is 20.1 Å². The molecule has 0 spiro atoms. The predicted octanol–water partition coefficient (Wildman–Crippen LogP) is 1.88. The van der Waals surface area contributed by atoms with Crippen molar-refractivity contribution in [2.45, 2.75) is 13.1 Å². The van der Waals surface area contributed by atoms with Crippen molar-refractivity contribution in [1.29, 1.82) is 0 Å². The summed E-state index contributed by atoms with van der Waals surface area (Å²) in [4.78, 5) is 0. The van der Waals surface area contributed by atoms with Gasteiger partial charge in [-0.3, -0.25) is 0 Å². The van der Waals surface area contributed by atoms with Gasteiger partial charge in [0.1, 0.15) is 0 Å². The van der Waals surface area contributed by atoms with E-state index in [4.69, 9.17) is 35.9 Å². The first kappa shape index (κ1) is 15.6. The van der Waals surface area contributed by atoms with E-state index >= 15 is 0 Å². The second-order valence-corrected chi connectivity index (χ2v) is 6.06. The molecule has 0 aliphatic carbocycles. The van der Waals surface area contributed by atoms with Crippen molar-refractivity contribution in [3.63, 3.8) is 0 Å². The van der Waals surface area contributed by atoms with E-state index in [-0.39, 0.29) is 10.2 Å². The maximum atomic E-state index is 5.41. The molecule has 0 aliphatic heterocycles. The van der Waals surface area contributed by atoms with Crippen molar-refractivity contribution < 1.29 is 0 Å². The van der Waals surface area contributed by atoms with Gasteiger partial charge in [-0.1, -0.05) is 31.9 Å². The van der Waals surface area contributed by atoms with Crippen LogP contribution < -0.4 is 22.1 Å². The molecule has 0 bridgehead atoms. The van der Waals surface area contributed by atoms with Crippen molar-refractivity contribution in [2.24, 2.45) is 11.5 Å². The molecule has 0 fully saturated rings. The molecule has 0 heterocycles. The zero-order chi connectivity index (χ0) is 13.7. The summed E-state index contributed by atoms with van der Waals surface area (Å²) in [6.07, 6.45) is 0. The van der Waals surface area contributed by atoms with E-state index in [0.29, 0.717) is 13.1 Å². The number of hydrogen-bond donors (Lipinski definition) is 4. The SMILES string of the molecule is NC(=S)NCc1cc(CNC(N)=S)c(Br)cc1Br. The quantitative estimate of drug-likeness (QED) is 0.566. The van der Waals surface area contributed by atoms with Crippen LogP contribution in [0.25, 0.3) is 0 Å². The first-order chi connectivity index (χ1) is 8.40. The van der Waals surface area contributed by atoms with Gasteiger partial charge in [-0.05, 0) is 47.7 Å². The molecule has 1 aromatic rings. The van der Waals surface area contributed by atoms with Crippen LogP contribution in [-0.2, 0) is 13.1 Å². The van der Waals surface area contributed by atoms with Gasteiger partial charge in [-0.2, -0.15) is 0 Å². The number of thiocarbonyl (C=S) groups is 2. The van der Waals surface area contributed by atoms with E-state index < -0.39 is 0 Å². The van der Waals surface area contributed by atoms with Gasteiger partial charge < -0.3 is 22.1 Å².